The molecule has 1 atom stereocenters. The first-order valence-electron chi connectivity index (χ1n) is 11.0. The summed E-state index contributed by atoms with van der Waals surface area (Å²) < 4.78 is 1.83. The summed E-state index contributed by atoms with van der Waals surface area (Å²) in [5.74, 6) is 0.534. The Bertz CT molecular complexity index is 1100. The number of rotatable bonds is 8. The van der Waals surface area contributed by atoms with Crippen molar-refractivity contribution >= 4 is 39.0 Å². The van der Waals surface area contributed by atoms with Crippen LogP contribution in [-0.2, 0) is 13.5 Å². The fraction of sp³-hybridized carbons (Fsp3) is 0.500. The number of fused-ring (bicyclic) bond motifs is 1. The maximum Gasteiger partial charge on any atom is 0.348 e. The second-order valence-corrected chi connectivity index (χ2v) is 9.30. The Balaban J connectivity index is 1.44. The highest BCUT2D eigenvalue weighted by Gasteiger charge is 2.24. The second kappa shape index (κ2) is 9.43. The number of nitrogens with two attached hydrogens (primary N) is 1. The molecule has 0 radical (unpaired) electrons. The first-order valence-corrected chi connectivity index (χ1v) is 11.8. The van der Waals surface area contributed by atoms with Gasteiger partial charge in [-0.2, -0.15) is 0 Å². The standard InChI is InChI=1S/C22H30N6O3S/c1-3-4-13-11-16(26-21-17(13)18(23)19(32-21)22(30)31)28-8-5-14(6-9-28)25-12-15(29)20-24-7-10-27(20)2/h7,10-11,14-15,25,29H,3-6,8-9,12,23H2,1-2H3,(H,30,31). The van der Waals surface area contributed by atoms with Gasteiger partial charge in [-0.15, -0.1) is 11.3 Å². The van der Waals surface area contributed by atoms with E-state index in [0.717, 1.165) is 66.9 Å². The average Bonchev–Trinajstić information content (AvgIpc) is 3.36. The third-order valence-corrected chi connectivity index (χ3v) is 7.14. The molecular formula is C22H30N6O3S. The fourth-order valence-corrected chi connectivity index (χ4v) is 5.33. The number of anilines is 2. The number of aliphatic hydroxyl groups excluding tert-OH is 1. The molecule has 1 aliphatic rings. The Morgan fingerprint density at radius 2 is 2.16 bits per heavy atom. The van der Waals surface area contributed by atoms with Crippen LogP contribution in [0.25, 0.3) is 10.2 Å². The van der Waals surface area contributed by atoms with Gasteiger partial charge in [-0.05, 0) is 30.9 Å². The van der Waals surface area contributed by atoms with Crippen molar-refractivity contribution in [3.8, 4) is 0 Å². The largest absolute Gasteiger partial charge is 0.477 e. The molecule has 1 saturated heterocycles. The molecule has 9 nitrogen and oxygen atoms in total. The van der Waals surface area contributed by atoms with Crippen molar-refractivity contribution in [1.29, 1.82) is 0 Å². The van der Waals surface area contributed by atoms with Gasteiger partial charge in [-0.3, -0.25) is 0 Å². The van der Waals surface area contributed by atoms with Gasteiger partial charge in [-0.1, -0.05) is 13.3 Å². The molecule has 4 heterocycles. The number of imidazole rings is 1. The first kappa shape index (κ1) is 22.5. The van der Waals surface area contributed by atoms with E-state index in [-0.39, 0.29) is 4.88 Å². The molecule has 5 N–H and O–H groups in total. The Kier molecular flexibility index (Phi) is 6.63. The fourth-order valence-electron chi connectivity index (χ4n) is 4.35. The van der Waals surface area contributed by atoms with E-state index in [1.54, 1.807) is 6.20 Å². The number of carboxylic acid groups (broad SMARTS) is 1. The van der Waals surface area contributed by atoms with Gasteiger partial charge < -0.3 is 30.7 Å². The zero-order valence-corrected chi connectivity index (χ0v) is 19.2. The lowest BCUT2D eigenvalue weighted by Crippen LogP contribution is -2.44. The van der Waals surface area contributed by atoms with Gasteiger partial charge in [0.25, 0.3) is 0 Å². The number of pyridine rings is 1. The summed E-state index contributed by atoms with van der Waals surface area (Å²) in [4.78, 5) is 23.6. The number of carboxylic acids is 1. The van der Waals surface area contributed by atoms with Crippen molar-refractivity contribution in [2.75, 3.05) is 30.3 Å². The zero-order valence-electron chi connectivity index (χ0n) is 18.4. The van der Waals surface area contributed by atoms with Crippen molar-refractivity contribution in [2.24, 2.45) is 7.05 Å². The van der Waals surface area contributed by atoms with Gasteiger partial charge in [0.05, 0.1) is 5.69 Å². The number of aromatic nitrogens is 3. The first-order chi connectivity index (χ1) is 15.4. The number of hydrogen-bond donors (Lipinski definition) is 4. The lowest BCUT2D eigenvalue weighted by atomic mass is 10.0. The van der Waals surface area contributed by atoms with Crippen molar-refractivity contribution < 1.29 is 15.0 Å². The smallest absolute Gasteiger partial charge is 0.348 e. The summed E-state index contributed by atoms with van der Waals surface area (Å²) in [6, 6.07) is 2.38. The van der Waals surface area contributed by atoms with Crippen LogP contribution in [0.2, 0.25) is 0 Å². The number of nitrogens with zero attached hydrogens (tertiary/aromatic N) is 4. The lowest BCUT2D eigenvalue weighted by molar-refractivity contribution is 0.0703. The molecular weight excluding hydrogens is 428 g/mol. The number of hydrogen-bond acceptors (Lipinski definition) is 8. The minimum Gasteiger partial charge on any atom is -0.477 e. The van der Waals surface area contributed by atoms with E-state index in [9.17, 15) is 15.0 Å². The highest BCUT2D eigenvalue weighted by molar-refractivity contribution is 7.21. The maximum atomic E-state index is 11.5. The van der Waals surface area contributed by atoms with Gasteiger partial charge in [0.15, 0.2) is 0 Å². The van der Waals surface area contributed by atoms with Crippen LogP contribution in [0, 0.1) is 0 Å². The monoisotopic (exact) mass is 458 g/mol. The molecule has 0 saturated carbocycles. The Morgan fingerprint density at radius 3 is 2.78 bits per heavy atom. The summed E-state index contributed by atoms with van der Waals surface area (Å²) in [7, 11) is 1.88. The zero-order chi connectivity index (χ0) is 22.8. The van der Waals surface area contributed by atoms with E-state index in [1.165, 1.54) is 0 Å². The topological polar surface area (TPSA) is 130 Å². The summed E-state index contributed by atoms with van der Waals surface area (Å²) in [6.45, 7) is 4.25. The average molecular weight is 459 g/mol. The van der Waals surface area contributed by atoms with Gasteiger partial charge in [0.2, 0.25) is 0 Å². The summed E-state index contributed by atoms with van der Waals surface area (Å²) in [5, 5.41) is 24.1. The van der Waals surface area contributed by atoms with Crippen molar-refractivity contribution in [2.45, 2.75) is 44.8 Å². The van der Waals surface area contributed by atoms with E-state index >= 15 is 0 Å². The van der Waals surface area contributed by atoms with Crippen LogP contribution < -0.4 is 16.0 Å². The third-order valence-electron chi connectivity index (χ3n) is 6.06. The van der Waals surface area contributed by atoms with Crippen molar-refractivity contribution in [1.82, 2.24) is 19.9 Å². The predicted octanol–water partition coefficient (Wildman–Crippen LogP) is 2.55. The summed E-state index contributed by atoms with van der Waals surface area (Å²) >= 11 is 1.15. The molecule has 4 rings (SSSR count). The van der Waals surface area contributed by atoms with E-state index in [0.29, 0.717) is 28.9 Å². The van der Waals surface area contributed by atoms with Crippen LogP contribution in [0.1, 0.15) is 53.3 Å². The molecule has 0 aliphatic carbocycles. The normalized spacial score (nSPS) is 16.0. The molecule has 1 aliphatic heterocycles. The molecule has 172 valence electrons. The van der Waals surface area contributed by atoms with Crippen LogP contribution in [0.3, 0.4) is 0 Å². The molecule has 0 amide bonds. The number of aromatic carboxylic acids is 1. The molecule has 32 heavy (non-hydrogen) atoms. The predicted molar refractivity (Wildman–Crippen MR) is 126 cm³/mol. The molecule has 3 aromatic rings. The van der Waals surface area contributed by atoms with E-state index < -0.39 is 12.1 Å². The van der Waals surface area contributed by atoms with Gasteiger partial charge in [0.1, 0.15) is 27.5 Å². The number of carbonyl (C=O) groups is 1. The minimum atomic E-state index is -1.01. The van der Waals surface area contributed by atoms with Gasteiger partial charge >= 0.3 is 5.97 Å². The number of aliphatic hydroxyl groups is 1. The minimum absolute atomic E-state index is 0.163. The number of thiophene rings is 1. The van der Waals surface area contributed by atoms with Crippen LogP contribution in [0.5, 0.6) is 0 Å². The van der Waals surface area contributed by atoms with Crippen LogP contribution in [-0.4, -0.2) is 56.4 Å². The summed E-state index contributed by atoms with van der Waals surface area (Å²) in [6.07, 6.45) is 6.52. The van der Waals surface area contributed by atoms with Crippen LogP contribution in [0.15, 0.2) is 18.5 Å². The second-order valence-electron chi connectivity index (χ2n) is 8.30. The van der Waals surface area contributed by atoms with Crippen molar-refractivity contribution in [3.05, 3.63) is 34.7 Å². The number of aryl methyl sites for hydroxylation is 2. The number of nitrogens with one attached hydrogen (secondary N) is 1. The maximum absolute atomic E-state index is 11.5. The van der Waals surface area contributed by atoms with E-state index in [4.69, 9.17) is 10.7 Å². The van der Waals surface area contributed by atoms with Crippen LogP contribution >= 0.6 is 11.3 Å². The van der Waals surface area contributed by atoms with Crippen LogP contribution in [0.4, 0.5) is 11.5 Å². The number of nitrogen functional groups attached to an aromatic ring is 1. The summed E-state index contributed by atoms with van der Waals surface area (Å²) in [5.41, 5.74) is 7.55. The molecule has 3 aromatic heterocycles. The molecule has 0 spiro atoms. The molecule has 1 unspecified atom stereocenters. The number of piperidine rings is 1. The molecule has 0 aromatic carbocycles. The Morgan fingerprint density at radius 1 is 1.41 bits per heavy atom. The molecule has 10 heteroatoms. The molecule has 0 bridgehead atoms. The van der Waals surface area contributed by atoms with Gasteiger partial charge in [-0.25, -0.2) is 14.8 Å². The SMILES string of the molecule is CCCc1cc(N2CCC(NCC(O)c3nccn3C)CC2)nc2sc(C(=O)O)c(N)c12. The Hall–Kier alpha value is -2.69. The van der Waals surface area contributed by atoms with Crippen molar-refractivity contribution in [3.63, 3.8) is 0 Å². The highest BCUT2D eigenvalue weighted by atomic mass is 32.1. The van der Waals surface area contributed by atoms with E-state index in [2.05, 4.69) is 28.2 Å². The molecule has 1 fully saturated rings. The third kappa shape index (κ3) is 4.43. The Labute approximate surface area is 190 Å². The highest BCUT2D eigenvalue weighted by Crippen LogP contribution is 2.37. The van der Waals surface area contributed by atoms with E-state index in [1.807, 2.05) is 17.8 Å². The quantitative estimate of drug-likeness (QED) is 0.405. The van der Waals surface area contributed by atoms with Gasteiger partial charge in [0, 0.05) is 50.5 Å². The lowest BCUT2D eigenvalue weighted by Gasteiger charge is -2.34.